The van der Waals surface area contributed by atoms with Gasteiger partial charge in [-0.1, -0.05) is 37.3 Å². The number of piperidine rings is 1. The Balaban J connectivity index is 1.57. The number of carbonyl (C=O) groups excluding carboxylic acids is 2. The van der Waals surface area contributed by atoms with Gasteiger partial charge in [0.2, 0.25) is 0 Å². The summed E-state index contributed by atoms with van der Waals surface area (Å²) in [5.74, 6) is 0.365. The monoisotopic (exact) mass is 365 g/mol. The molecule has 1 aromatic heterocycles. The maximum atomic E-state index is 12.8. The molecule has 1 aliphatic heterocycles. The summed E-state index contributed by atoms with van der Waals surface area (Å²) in [6.07, 6.45) is 5.47. The van der Waals surface area contributed by atoms with E-state index in [1.165, 1.54) is 11.8 Å². The van der Waals surface area contributed by atoms with Crippen molar-refractivity contribution in [1.29, 1.82) is 0 Å². The van der Waals surface area contributed by atoms with Gasteiger partial charge >= 0.3 is 0 Å². The summed E-state index contributed by atoms with van der Waals surface area (Å²) < 4.78 is 0. The fourth-order valence-electron chi connectivity index (χ4n) is 3.48. The van der Waals surface area contributed by atoms with Crippen LogP contribution >= 0.6 is 0 Å². The van der Waals surface area contributed by atoms with Crippen molar-refractivity contribution in [2.75, 3.05) is 19.6 Å². The third kappa shape index (κ3) is 5.16. The first kappa shape index (κ1) is 19.1. The van der Waals surface area contributed by atoms with E-state index in [0.29, 0.717) is 23.7 Å². The Morgan fingerprint density at radius 3 is 2.59 bits per heavy atom. The van der Waals surface area contributed by atoms with Gasteiger partial charge in [0, 0.05) is 31.4 Å². The van der Waals surface area contributed by atoms with Crippen LogP contribution in [-0.4, -0.2) is 41.3 Å². The first-order valence-corrected chi connectivity index (χ1v) is 9.75. The molecular weight excluding hydrogens is 338 g/mol. The highest BCUT2D eigenvalue weighted by atomic mass is 16.2. The molecule has 0 radical (unpaired) electrons. The quantitative estimate of drug-likeness (QED) is 0.854. The van der Waals surface area contributed by atoms with E-state index in [1.54, 1.807) is 12.1 Å². The van der Waals surface area contributed by atoms with Gasteiger partial charge < -0.3 is 10.2 Å². The largest absolute Gasteiger partial charge is 0.352 e. The summed E-state index contributed by atoms with van der Waals surface area (Å²) in [4.78, 5) is 30.9. The van der Waals surface area contributed by atoms with Crippen LogP contribution in [0.1, 0.15) is 52.6 Å². The smallest absolute Gasteiger partial charge is 0.272 e. The fourth-order valence-corrected chi connectivity index (χ4v) is 3.48. The molecule has 5 heteroatoms. The van der Waals surface area contributed by atoms with Crippen LogP contribution in [0.3, 0.4) is 0 Å². The lowest BCUT2D eigenvalue weighted by atomic mass is 9.90. The van der Waals surface area contributed by atoms with E-state index in [4.69, 9.17) is 0 Å². The molecule has 0 bridgehead atoms. The van der Waals surface area contributed by atoms with E-state index in [-0.39, 0.29) is 11.8 Å². The molecule has 0 unspecified atom stereocenters. The molecule has 142 valence electrons. The topological polar surface area (TPSA) is 62.3 Å². The molecule has 2 aromatic rings. The lowest BCUT2D eigenvalue weighted by molar-refractivity contribution is 0.0684. The van der Waals surface area contributed by atoms with Crippen LogP contribution in [0.5, 0.6) is 0 Å². The molecule has 0 aliphatic carbocycles. The Bertz CT molecular complexity index is 768. The third-order valence-corrected chi connectivity index (χ3v) is 5.05. The Morgan fingerprint density at radius 2 is 1.89 bits per heavy atom. The summed E-state index contributed by atoms with van der Waals surface area (Å²) in [6, 6.07) is 13.8. The molecule has 1 aromatic carbocycles. The molecule has 2 heterocycles. The molecule has 5 nitrogen and oxygen atoms in total. The Hall–Kier alpha value is -2.69. The second-order valence-electron chi connectivity index (χ2n) is 7.11. The first-order chi connectivity index (χ1) is 13.2. The van der Waals surface area contributed by atoms with Crippen LogP contribution in [0.15, 0.2) is 48.7 Å². The highest BCUT2D eigenvalue weighted by Gasteiger charge is 2.25. The van der Waals surface area contributed by atoms with E-state index >= 15 is 0 Å². The van der Waals surface area contributed by atoms with Crippen LogP contribution in [-0.2, 0) is 6.42 Å². The molecule has 1 fully saturated rings. The minimum atomic E-state index is -0.158. The van der Waals surface area contributed by atoms with Gasteiger partial charge in [-0.3, -0.25) is 14.6 Å². The SMILES string of the molecule is CCCNC(=O)c1ccnc(C(=O)N2CCC(Cc3ccccc3)CC2)c1. The summed E-state index contributed by atoms with van der Waals surface area (Å²) in [5, 5.41) is 2.83. The van der Waals surface area contributed by atoms with Crippen molar-refractivity contribution in [2.45, 2.75) is 32.6 Å². The molecule has 2 amide bonds. The number of rotatable bonds is 6. The first-order valence-electron chi connectivity index (χ1n) is 9.75. The minimum absolute atomic E-state index is 0.0849. The van der Waals surface area contributed by atoms with Crippen LogP contribution in [0.2, 0.25) is 0 Å². The standard InChI is InChI=1S/C22H27N3O2/c1-2-11-24-21(26)19-8-12-23-20(16-19)22(27)25-13-9-18(10-14-25)15-17-6-4-3-5-7-17/h3-8,12,16,18H,2,9-11,13-15H2,1H3,(H,24,26). The van der Waals surface area contributed by atoms with E-state index in [2.05, 4.69) is 34.6 Å². The second-order valence-corrected chi connectivity index (χ2v) is 7.11. The van der Waals surface area contributed by atoms with Crippen molar-refractivity contribution in [3.05, 3.63) is 65.5 Å². The summed E-state index contributed by atoms with van der Waals surface area (Å²) in [7, 11) is 0. The van der Waals surface area contributed by atoms with E-state index in [9.17, 15) is 9.59 Å². The maximum Gasteiger partial charge on any atom is 0.272 e. The number of carbonyl (C=O) groups is 2. The predicted octanol–water partition coefficient (Wildman–Crippen LogP) is 3.32. The van der Waals surface area contributed by atoms with Gasteiger partial charge in [-0.2, -0.15) is 0 Å². The molecule has 1 N–H and O–H groups in total. The second kappa shape index (κ2) is 9.31. The number of amides is 2. The van der Waals surface area contributed by atoms with Gasteiger partial charge in [0.15, 0.2) is 0 Å². The average Bonchev–Trinajstić information content (AvgIpc) is 2.73. The van der Waals surface area contributed by atoms with Gasteiger partial charge in [0.1, 0.15) is 5.69 Å². The van der Waals surface area contributed by atoms with Crippen molar-refractivity contribution in [3.63, 3.8) is 0 Å². The summed E-state index contributed by atoms with van der Waals surface area (Å²) in [5.41, 5.74) is 2.19. The van der Waals surface area contributed by atoms with E-state index in [1.807, 2.05) is 17.9 Å². The number of pyridine rings is 1. The molecule has 1 saturated heterocycles. The molecule has 1 aliphatic rings. The molecule has 3 rings (SSSR count). The van der Waals surface area contributed by atoms with Gasteiger partial charge in [-0.15, -0.1) is 0 Å². The van der Waals surface area contributed by atoms with Gasteiger partial charge in [0.25, 0.3) is 11.8 Å². The normalized spacial score (nSPS) is 14.8. The molecule has 0 saturated carbocycles. The zero-order chi connectivity index (χ0) is 19.1. The zero-order valence-corrected chi connectivity index (χ0v) is 15.9. The van der Waals surface area contributed by atoms with Crippen molar-refractivity contribution in [1.82, 2.24) is 15.2 Å². The lowest BCUT2D eigenvalue weighted by Gasteiger charge is -2.32. The third-order valence-electron chi connectivity index (χ3n) is 5.05. The number of nitrogens with zero attached hydrogens (tertiary/aromatic N) is 2. The van der Waals surface area contributed by atoms with Crippen LogP contribution in [0.25, 0.3) is 0 Å². The Morgan fingerprint density at radius 1 is 1.15 bits per heavy atom. The number of hydrogen-bond donors (Lipinski definition) is 1. The predicted molar refractivity (Wildman–Crippen MR) is 106 cm³/mol. The fraction of sp³-hybridized carbons (Fsp3) is 0.409. The highest BCUT2D eigenvalue weighted by molar-refractivity contribution is 5.98. The van der Waals surface area contributed by atoms with Crippen molar-refractivity contribution in [2.24, 2.45) is 5.92 Å². The number of likely N-dealkylation sites (tertiary alicyclic amines) is 1. The summed E-state index contributed by atoms with van der Waals surface area (Å²) in [6.45, 7) is 4.11. The minimum Gasteiger partial charge on any atom is -0.352 e. The van der Waals surface area contributed by atoms with Crippen LogP contribution in [0, 0.1) is 5.92 Å². The van der Waals surface area contributed by atoms with Gasteiger partial charge in [-0.05, 0) is 49.3 Å². The Kier molecular flexibility index (Phi) is 6.58. The molecule has 27 heavy (non-hydrogen) atoms. The van der Waals surface area contributed by atoms with E-state index < -0.39 is 0 Å². The van der Waals surface area contributed by atoms with Crippen molar-refractivity contribution < 1.29 is 9.59 Å². The highest BCUT2D eigenvalue weighted by Crippen LogP contribution is 2.22. The molecule has 0 atom stereocenters. The van der Waals surface area contributed by atoms with Gasteiger partial charge in [-0.25, -0.2) is 0 Å². The van der Waals surface area contributed by atoms with Crippen LogP contribution in [0.4, 0.5) is 0 Å². The van der Waals surface area contributed by atoms with Crippen LogP contribution < -0.4 is 5.32 Å². The summed E-state index contributed by atoms with van der Waals surface area (Å²) >= 11 is 0. The molecular formula is C22H27N3O2. The number of hydrogen-bond acceptors (Lipinski definition) is 3. The van der Waals surface area contributed by atoms with Crippen molar-refractivity contribution in [3.8, 4) is 0 Å². The van der Waals surface area contributed by atoms with E-state index in [0.717, 1.165) is 38.8 Å². The Labute approximate surface area is 160 Å². The van der Waals surface area contributed by atoms with Crippen molar-refractivity contribution >= 4 is 11.8 Å². The molecule has 0 spiro atoms. The maximum absolute atomic E-state index is 12.8. The zero-order valence-electron chi connectivity index (χ0n) is 15.9. The number of nitrogens with one attached hydrogen (secondary N) is 1. The number of benzene rings is 1. The number of aromatic nitrogens is 1. The lowest BCUT2D eigenvalue weighted by Crippen LogP contribution is -2.39. The van der Waals surface area contributed by atoms with Gasteiger partial charge in [0.05, 0.1) is 0 Å². The average molecular weight is 365 g/mol.